The third-order valence-corrected chi connectivity index (χ3v) is 2.73. The summed E-state index contributed by atoms with van der Waals surface area (Å²) in [4.78, 5) is 11.4. The van der Waals surface area contributed by atoms with Gasteiger partial charge in [-0.05, 0) is 12.5 Å². The molecule has 0 aromatic carbocycles. The summed E-state index contributed by atoms with van der Waals surface area (Å²) in [6.45, 7) is 5.44. The van der Waals surface area contributed by atoms with E-state index in [9.17, 15) is 9.90 Å². The lowest BCUT2D eigenvalue weighted by molar-refractivity contribution is 0.0160. The third-order valence-electron chi connectivity index (χ3n) is 2.73. The molecule has 1 atom stereocenters. The van der Waals surface area contributed by atoms with Gasteiger partial charge < -0.3 is 19.0 Å². The Kier molecular flexibility index (Phi) is 1.94. The Morgan fingerprint density at radius 3 is 3.12 bits per heavy atom. The van der Waals surface area contributed by atoms with Crippen molar-refractivity contribution < 1.29 is 23.8 Å². The lowest BCUT2D eigenvalue weighted by Crippen LogP contribution is -2.16. The zero-order valence-electron chi connectivity index (χ0n) is 9.15. The fourth-order valence-corrected chi connectivity index (χ4v) is 1.85. The molecule has 0 saturated carbocycles. The van der Waals surface area contributed by atoms with E-state index in [1.165, 1.54) is 0 Å². The van der Waals surface area contributed by atoms with E-state index in [4.69, 9.17) is 13.9 Å². The molecule has 88 valence electrons. The number of cyclic esters (lactones) is 1. The first-order valence-electron chi connectivity index (χ1n) is 5.13. The van der Waals surface area contributed by atoms with Crippen LogP contribution in [0.25, 0.3) is 11.2 Å². The predicted octanol–water partition coefficient (Wildman–Crippen LogP) is 1.81. The SMILES string of the molecule is C=C(C)C(O)Oc1cc2oc1c1c2C(=O)OC1. The largest absolute Gasteiger partial charge is 0.457 e. The maximum absolute atomic E-state index is 11.4. The van der Waals surface area contributed by atoms with Crippen LogP contribution in [0.5, 0.6) is 5.75 Å². The fraction of sp³-hybridized carbons (Fsp3) is 0.250. The van der Waals surface area contributed by atoms with Gasteiger partial charge in [0.05, 0.1) is 5.56 Å². The molecule has 2 aromatic heterocycles. The lowest BCUT2D eigenvalue weighted by atomic mass is 10.1. The smallest absolute Gasteiger partial charge is 0.342 e. The molecule has 1 aliphatic rings. The number of hydrogen-bond acceptors (Lipinski definition) is 5. The molecule has 1 unspecified atom stereocenters. The molecular formula is C12H10O5. The molecule has 5 heteroatoms. The Morgan fingerprint density at radius 1 is 1.65 bits per heavy atom. The van der Waals surface area contributed by atoms with Crippen LogP contribution >= 0.6 is 0 Å². The molecule has 3 heterocycles. The highest BCUT2D eigenvalue weighted by molar-refractivity contribution is 6.05. The number of hydrogen-bond donors (Lipinski definition) is 1. The van der Waals surface area contributed by atoms with E-state index in [0.717, 1.165) is 0 Å². The molecule has 5 nitrogen and oxygen atoms in total. The highest BCUT2D eigenvalue weighted by atomic mass is 16.6. The highest BCUT2D eigenvalue weighted by Crippen LogP contribution is 2.41. The van der Waals surface area contributed by atoms with Crippen molar-refractivity contribution in [2.45, 2.75) is 19.8 Å². The summed E-state index contributed by atoms with van der Waals surface area (Å²) in [6.07, 6.45) is -1.08. The molecule has 0 amide bonds. The van der Waals surface area contributed by atoms with Gasteiger partial charge in [0.1, 0.15) is 17.8 Å². The fourth-order valence-electron chi connectivity index (χ4n) is 1.85. The van der Waals surface area contributed by atoms with Gasteiger partial charge in [0.2, 0.25) is 6.29 Å². The number of aliphatic hydroxyl groups excluding tert-OH is 1. The molecule has 0 fully saturated rings. The van der Waals surface area contributed by atoms with Gasteiger partial charge in [-0.15, -0.1) is 0 Å². The molecule has 0 aliphatic carbocycles. The summed E-state index contributed by atoms with van der Waals surface area (Å²) in [5, 5.41) is 9.55. The van der Waals surface area contributed by atoms with Crippen molar-refractivity contribution in [3.63, 3.8) is 0 Å². The minimum atomic E-state index is -1.08. The van der Waals surface area contributed by atoms with Crippen molar-refractivity contribution in [3.05, 3.63) is 29.3 Å². The number of esters is 1. The second-order valence-electron chi connectivity index (χ2n) is 4.05. The van der Waals surface area contributed by atoms with Gasteiger partial charge in [-0.25, -0.2) is 4.79 Å². The first kappa shape index (κ1) is 10.2. The Balaban J connectivity index is 2.00. The number of carbonyl (C=O) groups is 1. The highest BCUT2D eigenvalue weighted by Gasteiger charge is 2.33. The van der Waals surface area contributed by atoms with Crippen LogP contribution in [-0.2, 0) is 11.3 Å². The number of benzene rings is 1. The normalized spacial score (nSPS) is 16.0. The average molecular weight is 234 g/mol. The molecule has 3 rings (SSSR count). The number of ether oxygens (including phenoxy) is 2. The van der Waals surface area contributed by atoms with Gasteiger partial charge in [0, 0.05) is 6.07 Å². The summed E-state index contributed by atoms with van der Waals surface area (Å²) in [5.74, 6) is 0.0355. The summed E-state index contributed by atoms with van der Waals surface area (Å²) in [6, 6.07) is 1.58. The Morgan fingerprint density at radius 2 is 2.41 bits per heavy atom. The van der Waals surface area contributed by atoms with Crippen molar-refractivity contribution in [1.29, 1.82) is 0 Å². The second-order valence-corrected chi connectivity index (χ2v) is 4.05. The average Bonchev–Trinajstić information content (AvgIpc) is 2.90. The molecular weight excluding hydrogens is 224 g/mol. The van der Waals surface area contributed by atoms with Gasteiger partial charge in [0.15, 0.2) is 11.3 Å². The van der Waals surface area contributed by atoms with E-state index in [-0.39, 0.29) is 12.6 Å². The number of rotatable bonds is 3. The van der Waals surface area contributed by atoms with E-state index >= 15 is 0 Å². The summed E-state index contributed by atoms with van der Waals surface area (Å²) in [7, 11) is 0. The zero-order valence-corrected chi connectivity index (χ0v) is 9.15. The van der Waals surface area contributed by atoms with Gasteiger partial charge in [-0.1, -0.05) is 6.58 Å². The molecule has 2 aromatic rings. The molecule has 1 aliphatic heterocycles. The van der Waals surface area contributed by atoms with Gasteiger partial charge in [-0.2, -0.15) is 0 Å². The Bertz CT molecular complexity index is 609. The van der Waals surface area contributed by atoms with E-state index in [0.29, 0.717) is 33.6 Å². The maximum Gasteiger partial charge on any atom is 0.342 e. The molecule has 0 spiro atoms. The minimum Gasteiger partial charge on any atom is -0.457 e. The van der Waals surface area contributed by atoms with Crippen molar-refractivity contribution in [2.75, 3.05) is 0 Å². The van der Waals surface area contributed by atoms with Crippen LogP contribution in [0.1, 0.15) is 22.8 Å². The number of carbonyl (C=O) groups excluding carboxylic acids is 1. The molecule has 2 bridgehead atoms. The van der Waals surface area contributed by atoms with Crippen LogP contribution in [0.3, 0.4) is 0 Å². The van der Waals surface area contributed by atoms with Crippen molar-refractivity contribution >= 4 is 17.1 Å². The Hall–Kier alpha value is -2.01. The van der Waals surface area contributed by atoms with E-state index < -0.39 is 6.29 Å². The van der Waals surface area contributed by atoms with Gasteiger partial charge in [0.25, 0.3) is 0 Å². The molecule has 1 N–H and O–H groups in total. The predicted molar refractivity (Wildman–Crippen MR) is 58.0 cm³/mol. The van der Waals surface area contributed by atoms with Crippen LogP contribution in [0.4, 0.5) is 0 Å². The van der Waals surface area contributed by atoms with E-state index in [1.54, 1.807) is 13.0 Å². The monoisotopic (exact) mass is 234 g/mol. The topological polar surface area (TPSA) is 68.9 Å². The Labute approximate surface area is 96.6 Å². The standard InChI is InChI=1S/C12H10O5/c1-5(2)11(13)17-8-3-7-9-6(10(8)16-7)4-15-12(9)14/h3,11,13H,1,4H2,2H3. The summed E-state index contributed by atoms with van der Waals surface area (Å²) >= 11 is 0. The first-order valence-corrected chi connectivity index (χ1v) is 5.13. The third kappa shape index (κ3) is 1.32. The van der Waals surface area contributed by atoms with Crippen LogP contribution in [0, 0.1) is 0 Å². The lowest BCUT2D eigenvalue weighted by Gasteiger charge is -2.11. The molecule has 0 saturated heterocycles. The second kappa shape index (κ2) is 3.24. The molecule has 17 heavy (non-hydrogen) atoms. The number of fused-ring (bicyclic) bond motifs is 5. The van der Waals surface area contributed by atoms with Crippen molar-refractivity contribution in [1.82, 2.24) is 0 Å². The van der Waals surface area contributed by atoms with E-state index in [1.807, 2.05) is 0 Å². The van der Waals surface area contributed by atoms with E-state index in [2.05, 4.69) is 6.58 Å². The van der Waals surface area contributed by atoms with Gasteiger partial charge in [-0.3, -0.25) is 0 Å². The summed E-state index contributed by atoms with van der Waals surface area (Å²) in [5.41, 5.74) is 2.54. The van der Waals surface area contributed by atoms with Crippen LogP contribution in [0.15, 0.2) is 22.6 Å². The van der Waals surface area contributed by atoms with Crippen LogP contribution in [0.2, 0.25) is 0 Å². The quantitative estimate of drug-likeness (QED) is 0.498. The minimum absolute atomic E-state index is 0.191. The molecule has 0 radical (unpaired) electrons. The van der Waals surface area contributed by atoms with Crippen LogP contribution < -0.4 is 4.74 Å². The number of aliphatic hydroxyl groups is 1. The van der Waals surface area contributed by atoms with Crippen LogP contribution in [-0.4, -0.2) is 17.4 Å². The maximum atomic E-state index is 11.4. The van der Waals surface area contributed by atoms with Crippen molar-refractivity contribution in [3.8, 4) is 5.75 Å². The number of furan rings is 2. The van der Waals surface area contributed by atoms with Gasteiger partial charge >= 0.3 is 5.97 Å². The van der Waals surface area contributed by atoms with Crippen molar-refractivity contribution in [2.24, 2.45) is 0 Å². The first-order chi connectivity index (χ1) is 8.08. The zero-order chi connectivity index (χ0) is 12.2. The summed E-state index contributed by atoms with van der Waals surface area (Å²) < 4.78 is 15.6.